The smallest absolute Gasteiger partial charge is 0.230 e. The summed E-state index contributed by atoms with van der Waals surface area (Å²) in [5, 5.41) is 0. The number of thiol groups is 1. The minimum Gasteiger partial charge on any atom is -0.236 e. The van der Waals surface area contributed by atoms with E-state index in [9.17, 15) is 8.42 Å². The van der Waals surface area contributed by atoms with Crippen molar-refractivity contribution in [3.8, 4) is 0 Å². The molecule has 12 heavy (non-hydrogen) atoms. The van der Waals surface area contributed by atoms with E-state index < -0.39 is 10.9 Å². The lowest BCUT2D eigenvalue weighted by atomic mass is 10.3. The topological polar surface area (TPSA) is 52.0 Å². The van der Waals surface area contributed by atoms with E-state index in [0.717, 1.165) is 3.97 Å². The highest BCUT2D eigenvalue weighted by Crippen LogP contribution is 2.10. The van der Waals surface area contributed by atoms with Crippen molar-refractivity contribution in [2.24, 2.45) is 0 Å². The first-order chi connectivity index (χ1) is 5.79. The fraction of sp³-hybridized carbons (Fsp3) is 0. The highest BCUT2D eigenvalue weighted by atomic mass is 32.2. The van der Waals surface area contributed by atoms with Crippen molar-refractivity contribution in [3.05, 3.63) is 30.6 Å². The number of para-hydroxylation sites is 2. The largest absolute Gasteiger partial charge is 0.236 e. The van der Waals surface area contributed by atoms with Crippen LogP contribution in [-0.4, -0.2) is 17.4 Å². The SMILES string of the molecule is O=[SH](=O)n1cnc2ccccc21. The van der Waals surface area contributed by atoms with Gasteiger partial charge in [-0.1, -0.05) is 12.1 Å². The van der Waals surface area contributed by atoms with Gasteiger partial charge in [0.15, 0.2) is 0 Å². The summed E-state index contributed by atoms with van der Waals surface area (Å²) in [7, 11) is -2.60. The molecular formula is C7H6N2O2S. The predicted molar refractivity (Wildman–Crippen MR) is 45.4 cm³/mol. The van der Waals surface area contributed by atoms with Gasteiger partial charge in [-0.05, 0) is 12.1 Å². The van der Waals surface area contributed by atoms with Gasteiger partial charge in [-0.3, -0.25) is 0 Å². The molecule has 2 aromatic rings. The van der Waals surface area contributed by atoms with Crippen molar-refractivity contribution in [3.63, 3.8) is 0 Å². The van der Waals surface area contributed by atoms with Gasteiger partial charge < -0.3 is 0 Å². The lowest BCUT2D eigenvalue weighted by Gasteiger charge is -1.90. The number of rotatable bonds is 1. The zero-order valence-corrected chi connectivity index (χ0v) is 6.94. The van der Waals surface area contributed by atoms with Gasteiger partial charge in [0.25, 0.3) is 0 Å². The van der Waals surface area contributed by atoms with Gasteiger partial charge in [0.05, 0.1) is 11.0 Å². The Balaban J connectivity index is 2.87. The molecule has 0 fully saturated rings. The Morgan fingerprint density at radius 2 is 2.00 bits per heavy atom. The van der Waals surface area contributed by atoms with Gasteiger partial charge in [0.1, 0.15) is 6.33 Å². The first-order valence-electron chi connectivity index (χ1n) is 3.36. The normalized spacial score (nSPS) is 11.1. The summed E-state index contributed by atoms with van der Waals surface area (Å²) >= 11 is 0. The highest BCUT2D eigenvalue weighted by Gasteiger charge is 2.00. The summed E-state index contributed by atoms with van der Waals surface area (Å²) in [6, 6.07) is 7.08. The molecule has 1 heterocycles. The van der Waals surface area contributed by atoms with E-state index in [-0.39, 0.29) is 0 Å². The molecule has 4 nitrogen and oxygen atoms in total. The van der Waals surface area contributed by atoms with Crippen LogP contribution in [0.4, 0.5) is 0 Å². The van der Waals surface area contributed by atoms with Crippen LogP contribution < -0.4 is 0 Å². The molecule has 62 valence electrons. The maximum atomic E-state index is 10.6. The molecule has 5 heteroatoms. The molecule has 0 N–H and O–H groups in total. The number of nitrogens with zero attached hydrogens (tertiary/aromatic N) is 2. The van der Waals surface area contributed by atoms with Crippen molar-refractivity contribution >= 4 is 21.9 Å². The number of imidazole rings is 1. The van der Waals surface area contributed by atoms with Crippen LogP contribution in [-0.2, 0) is 10.9 Å². The van der Waals surface area contributed by atoms with Crippen LogP contribution in [0.1, 0.15) is 0 Å². The molecule has 0 aliphatic heterocycles. The Labute approximate surface area is 70.5 Å². The average molecular weight is 182 g/mol. The standard InChI is InChI=1S/C7H6N2O2S/c10-12(11)9-5-8-6-3-1-2-4-7(6)9/h1-5,12H. The van der Waals surface area contributed by atoms with E-state index in [2.05, 4.69) is 4.98 Å². The quantitative estimate of drug-likeness (QED) is 0.650. The molecule has 1 aromatic heterocycles. The lowest BCUT2D eigenvalue weighted by Crippen LogP contribution is -1.91. The van der Waals surface area contributed by atoms with Crippen molar-refractivity contribution in [2.75, 3.05) is 0 Å². The Morgan fingerprint density at radius 3 is 2.75 bits per heavy atom. The van der Waals surface area contributed by atoms with E-state index in [0.29, 0.717) is 11.0 Å². The van der Waals surface area contributed by atoms with E-state index in [1.165, 1.54) is 6.33 Å². The van der Waals surface area contributed by atoms with Gasteiger partial charge in [0.2, 0.25) is 10.9 Å². The summed E-state index contributed by atoms with van der Waals surface area (Å²) < 4.78 is 22.4. The van der Waals surface area contributed by atoms with E-state index in [1.54, 1.807) is 18.2 Å². The minimum atomic E-state index is -2.60. The van der Waals surface area contributed by atoms with Gasteiger partial charge in [-0.2, -0.15) is 0 Å². The molecular weight excluding hydrogens is 176 g/mol. The molecule has 0 aliphatic carbocycles. The van der Waals surface area contributed by atoms with Crippen LogP contribution in [0.2, 0.25) is 0 Å². The Bertz CT molecular complexity index is 479. The number of benzene rings is 1. The maximum Gasteiger partial charge on any atom is 0.230 e. The van der Waals surface area contributed by atoms with Crippen LogP contribution in [0.3, 0.4) is 0 Å². The zero-order chi connectivity index (χ0) is 8.55. The molecule has 1 aromatic carbocycles. The molecule has 0 unspecified atom stereocenters. The summed E-state index contributed by atoms with van der Waals surface area (Å²) in [6.07, 6.45) is 1.30. The average Bonchev–Trinajstić information content (AvgIpc) is 2.47. The lowest BCUT2D eigenvalue weighted by molar-refractivity contribution is 0.608. The number of hydrogen-bond acceptors (Lipinski definition) is 3. The Hall–Kier alpha value is -1.36. The third-order valence-electron chi connectivity index (χ3n) is 1.61. The van der Waals surface area contributed by atoms with Gasteiger partial charge in [0, 0.05) is 0 Å². The molecule has 0 bridgehead atoms. The summed E-state index contributed by atoms with van der Waals surface area (Å²) in [6.45, 7) is 0. The molecule has 0 atom stereocenters. The molecule has 0 spiro atoms. The van der Waals surface area contributed by atoms with Crippen molar-refractivity contribution in [2.45, 2.75) is 0 Å². The highest BCUT2D eigenvalue weighted by molar-refractivity contribution is 7.71. The van der Waals surface area contributed by atoms with Crippen molar-refractivity contribution in [1.29, 1.82) is 0 Å². The van der Waals surface area contributed by atoms with Crippen LogP contribution in [0.15, 0.2) is 30.6 Å². The second-order valence-corrected chi connectivity index (χ2v) is 3.22. The first kappa shape index (κ1) is 7.30. The van der Waals surface area contributed by atoms with Crippen LogP contribution in [0.5, 0.6) is 0 Å². The minimum absolute atomic E-state index is 0.619. The van der Waals surface area contributed by atoms with Crippen LogP contribution in [0.25, 0.3) is 11.0 Å². The van der Waals surface area contributed by atoms with E-state index in [4.69, 9.17) is 0 Å². The second kappa shape index (κ2) is 2.60. The molecule has 0 radical (unpaired) electrons. The zero-order valence-electron chi connectivity index (χ0n) is 6.04. The van der Waals surface area contributed by atoms with Gasteiger partial charge in [-0.25, -0.2) is 17.4 Å². The fourth-order valence-electron chi connectivity index (χ4n) is 1.08. The Morgan fingerprint density at radius 1 is 1.25 bits per heavy atom. The number of hydrogen-bond donors (Lipinski definition) is 1. The predicted octanol–water partition coefficient (Wildman–Crippen LogP) is 0.411. The third kappa shape index (κ3) is 0.984. The first-order valence-corrected chi connectivity index (χ1v) is 4.49. The third-order valence-corrected chi connectivity index (χ3v) is 2.28. The fourth-order valence-corrected chi connectivity index (χ4v) is 1.56. The maximum absolute atomic E-state index is 10.6. The molecule has 0 amide bonds. The molecule has 0 aliphatic rings. The van der Waals surface area contributed by atoms with E-state index in [1.807, 2.05) is 6.07 Å². The monoisotopic (exact) mass is 182 g/mol. The van der Waals surface area contributed by atoms with Gasteiger partial charge in [-0.15, -0.1) is 0 Å². The van der Waals surface area contributed by atoms with Gasteiger partial charge >= 0.3 is 0 Å². The summed E-state index contributed by atoms with van der Waals surface area (Å²) in [5.41, 5.74) is 1.31. The van der Waals surface area contributed by atoms with E-state index >= 15 is 0 Å². The number of aromatic nitrogens is 2. The molecule has 0 saturated carbocycles. The number of fused-ring (bicyclic) bond motifs is 1. The molecule has 0 saturated heterocycles. The van der Waals surface area contributed by atoms with Crippen molar-refractivity contribution in [1.82, 2.24) is 8.96 Å². The summed E-state index contributed by atoms with van der Waals surface area (Å²) in [4.78, 5) is 3.92. The van der Waals surface area contributed by atoms with Crippen molar-refractivity contribution < 1.29 is 8.42 Å². The van der Waals surface area contributed by atoms with Crippen LogP contribution in [0, 0.1) is 0 Å². The molecule has 2 rings (SSSR count). The summed E-state index contributed by atoms with van der Waals surface area (Å²) in [5.74, 6) is 0. The Kier molecular flexibility index (Phi) is 1.58. The van der Waals surface area contributed by atoms with Crippen LogP contribution >= 0.6 is 0 Å². The second-order valence-electron chi connectivity index (χ2n) is 2.32.